The molecule has 1 aliphatic rings. The van der Waals surface area contributed by atoms with Gasteiger partial charge < -0.3 is 24.8 Å². The van der Waals surface area contributed by atoms with Crippen LogP contribution in [-0.2, 0) is 0 Å². The van der Waals surface area contributed by atoms with Crippen molar-refractivity contribution in [3.8, 4) is 28.7 Å². The summed E-state index contributed by atoms with van der Waals surface area (Å²) in [6.45, 7) is 0.0323. The molecule has 0 bridgehead atoms. The van der Waals surface area contributed by atoms with Gasteiger partial charge in [0.2, 0.25) is 12.5 Å². The Bertz CT molecular complexity index is 803. The first-order valence-electron chi connectivity index (χ1n) is 6.53. The van der Waals surface area contributed by atoms with Gasteiger partial charge in [0.1, 0.15) is 0 Å². The summed E-state index contributed by atoms with van der Waals surface area (Å²) >= 11 is 0. The Morgan fingerprint density at radius 3 is 2.74 bits per heavy atom. The lowest BCUT2D eigenvalue weighted by Crippen LogP contribution is -2.17. The summed E-state index contributed by atoms with van der Waals surface area (Å²) < 4.78 is 10.2. The zero-order valence-electron chi connectivity index (χ0n) is 11.7. The molecule has 4 N–H and O–H groups in total. The molecule has 0 aromatic heterocycles. The molecule has 2 aromatic rings. The molecule has 0 aliphatic carbocycles. The smallest absolute Gasteiger partial charge is 0.271 e. The topological polar surface area (TPSA) is 121 Å². The minimum absolute atomic E-state index is 0.0323. The second-order valence-electron chi connectivity index (χ2n) is 4.64. The third kappa shape index (κ3) is 2.82. The maximum Gasteiger partial charge on any atom is 0.271 e. The molecule has 0 saturated carbocycles. The van der Waals surface area contributed by atoms with Crippen molar-refractivity contribution in [3.05, 3.63) is 41.5 Å². The number of aromatic hydroxyl groups is 3. The Labute approximate surface area is 130 Å². The fraction of sp³-hybridized carbons (Fsp3) is 0.0667. The Morgan fingerprint density at radius 1 is 1.13 bits per heavy atom. The van der Waals surface area contributed by atoms with E-state index in [1.807, 2.05) is 0 Å². The number of nitrogens with zero attached hydrogens (tertiary/aromatic N) is 1. The molecular weight excluding hydrogens is 304 g/mol. The van der Waals surface area contributed by atoms with Crippen LogP contribution >= 0.6 is 0 Å². The average molecular weight is 316 g/mol. The Hall–Kier alpha value is -3.42. The van der Waals surface area contributed by atoms with Crippen LogP contribution in [-0.4, -0.2) is 34.2 Å². The van der Waals surface area contributed by atoms with Gasteiger partial charge in [-0.15, -0.1) is 0 Å². The predicted octanol–water partition coefficient (Wildman–Crippen LogP) is 1.30. The Balaban J connectivity index is 1.71. The normalized spacial score (nSPS) is 12.5. The van der Waals surface area contributed by atoms with Gasteiger partial charge in [-0.2, -0.15) is 5.10 Å². The average Bonchev–Trinajstić information content (AvgIpc) is 3.01. The fourth-order valence-electron chi connectivity index (χ4n) is 1.97. The zero-order valence-corrected chi connectivity index (χ0v) is 11.7. The number of hydrogen-bond acceptors (Lipinski definition) is 7. The van der Waals surface area contributed by atoms with E-state index in [9.17, 15) is 20.1 Å². The summed E-state index contributed by atoms with van der Waals surface area (Å²) in [7, 11) is 0. The van der Waals surface area contributed by atoms with Crippen molar-refractivity contribution in [1.82, 2.24) is 5.43 Å². The van der Waals surface area contributed by atoms with E-state index in [1.54, 1.807) is 12.1 Å². The van der Waals surface area contributed by atoms with Crippen LogP contribution in [0, 0.1) is 0 Å². The van der Waals surface area contributed by atoms with Crippen LogP contribution in [0.3, 0.4) is 0 Å². The van der Waals surface area contributed by atoms with E-state index in [0.717, 1.165) is 6.07 Å². The van der Waals surface area contributed by atoms with E-state index in [4.69, 9.17) is 9.47 Å². The molecule has 1 amide bonds. The summed E-state index contributed by atoms with van der Waals surface area (Å²) in [6.07, 6.45) is 1.25. The Kier molecular flexibility index (Phi) is 3.63. The highest BCUT2D eigenvalue weighted by atomic mass is 16.7. The minimum Gasteiger partial charge on any atom is -0.504 e. The van der Waals surface area contributed by atoms with Gasteiger partial charge in [-0.1, -0.05) is 0 Å². The lowest BCUT2D eigenvalue weighted by Gasteiger charge is -2.04. The van der Waals surface area contributed by atoms with Crippen molar-refractivity contribution in [2.45, 2.75) is 0 Å². The lowest BCUT2D eigenvalue weighted by atomic mass is 10.2. The molecule has 0 atom stereocenters. The van der Waals surface area contributed by atoms with E-state index >= 15 is 0 Å². The Morgan fingerprint density at radius 2 is 1.96 bits per heavy atom. The number of hydrogen-bond donors (Lipinski definition) is 4. The van der Waals surface area contributed by atoms with E-state index < -0.39 is 11.7 Å². The first kappa shape index (κ1) is 14.5. The van der Waals surface area contributed by atoms with E-state index in [1.165, 1.54) is 18.3 Å². The van der Waals surface area contributed by atoms with Crippen LogP contribution < -0.4 is 14.9 Å². The molecule has 8 nitrogen and oxygen atoms in total. The number of fused-ring (bicyclic) bond motifs is 1. The number of carbonyl (C=O) groups is 1. The maximum atomic E-state index is 11.8. The van der Waals surface area contributed by atoms with Crippen molar-refractivity contribution < 1.29 is 29.6 Å². The molecule has 2 aromatic carbocycles. The van der Waals surface area contributed by atoms with Crippen molar-refractivity contribution in [1.29, 1.82) is 0 Å². The van der Waals surface area contributed by atoms with E-state index in [0.29, 0.717) is 11.3 Å². The lowest BCUT2D eigenvalue weighted by molar-refractivity contribution is 0.0954. The number of phenols is 3. The molecule has 0 unspecified atom stereocenters. The van der Waals surface area contributed by atoms with Gasteiger partial charge in [0.25, 0.3) is 5.91 Å². The maximum absolute atomic E-state index is 11.8. The number of rotatable bonds is 3. The molecule has 1 heterocycles. The van der Waals surface area contributed by atoms with Crippen molar-refractivity contribution in [3.63, 3.8) is 0 Å². The van der Waals surface area contributed by atoms with Gasteiger partial charge in [0.05, 0.1) is 6.21 Å². The number of phenolic OH excluding ortho intramolecular Hbond substituents is 3. The van der Waals surface area contributed by atoms with Crippen molar-refractivity contribution >= 4 is 12.1 Å². The predicted molar refractivity (Wildman–Crippen MR) is 79.1 cm³/mol. The number of amides is 1. The second kappa shape index (κ2) is 5.76. The third-order valence-electron chi connectivity index (χ3n) is 3.15. The highest BCUT2D eigenvalue weighted by molar-refractivity contribution is 5.95. The van der Waals surface area contributed by atoms with E-state index in [-0.39, 0.29) is 29.6 Å². The van der Waals surface area contributed by atoms with Crippen molar-refractivity contribution in [2.24, 2.45) is 5.10 Å². The van der Waals surface area contributed by atoms with Gasteiger partial charge >= 0.3 is 0 Å². The second-order valence-corrected chi connectivity index (χ2v) is 4.64. The molecule has 1 aliphatic heterocycles. The number of hydrazone groups is 1. The molecule has 8 heteroatoms. The third-order valence-corrected chi connectivity index (χ3v) is 3.15. The van der Waals surface area contributed by atoms with Crippen LogP contribution in [0.15, 0.2) is 35.4 Å². The summed E-state index contributed by atoms with van der Waals surface area (Å²) in [6, 6.07) is 6.81. The molecule has 0 saturated heterocycles. The summed E-state index contributed by atoms with van der Waals surface area (Å²) in [5.74, 6) is -0.797. The van der Waals surface area contributed by atoms with Crippen LogP contribution in [0.5, 0.6) is 28.7 Å². The molecule has 3 rings (SSSR count). The number of benzene rings is 2. The van der Waals surface area contributed by atoms with Crippen LogP contribution in [0.1, 0.15) is 15.9 Å². The molecule has 0 radical (unpaired) electrons. The summed E-state index contributed by atoms with van der Waals surface area (Å²) in [5, 5.41) is 32.3. The summed E-state index contributed by atoms with van der Waals surface area (Å²) in [5.41, 5.74) is 2.70. The molecule has 118 valence electrons. The first-order valence-corrected chi connectivity index (χ1v) is 6.53. The SMILES string of the molecule is O=C(NN=Cc1ccc2c(c1O)OCO2)c1ccc(O)c(O)c1. The molecular formula is C15H12N2O6. The highest BCUT2D eigenvalue weighted by Gasteiger charge is 2.19. The molecule has 0 fully saturated rings. The standard InChI is InChI=1S/C15H12N2O6/c18-10-3-1-8(5-11(10)19)15(21)17-16-6-9-2-4-12-14(13(9)20)23-7-22-12/h1-6,18-20H,7H2,(H,17,21). The molecule has 23 heavy (non-hydrogen) atoms. The number of nitrogens with one attached hydrogen (secondary N) is 1. The monoisotopic (exact) mass is 316 g/mol. The molecule has 0 spiro atoms. The zero-order chi connectivity index (χ0) is 16.4. The highest BCUT2D eigenvalue weighted by Crippen LogP contribution is 2.41. The first-order chi connectivity index (χ1) is 11.1. The van der Waals surface area contributed by atoms with Gasteiger partial charge in [-0.25, -0.2) is 5.43 Å². The van der Waals surface area contributed by atoms with Gasteiger partial charge in [0, 0.05) is 11.1 Å². The van der Waals surface area contributed by atoms with Gasteiger partial charge in [-0.05, 0) is 30.3 Å². The van der Waals surface area contributed by atoms with Crippen LogP contribution in [0.25, 0.3) is 0 Å². The number of ether oxygens (including phenoxy) is 2. The van der Waals surface area contributed by atoms with Crippen LogP contribution in [0.2, 0.25) is 0 Å². The van der Waals surface area contributed by atoms with E-state index in [2.05, 4.69) is 10.5 Å². The quantitative estimate of drug-likeness (QED) is 0.385. The number of carbonyl (C=O) groups excluding carboxylic acids is 1. The minimum atomic E-state index is -0.586. The summed E-state index contributed by atoms with van der Waals surface area (Å²) in [4.78, 5) is 11.8. The van der Waals surface area contributed by atoms with Crippen molar-refractivity contribution in [2.75, 3.05) is 6.79 Å². The van der Waals surface area contributed by atoms with Gasteiger partial charge in [-0.3, -0.25) is 4.79 Å². The van der Waals surface area contributed by atoms with Crippen LogP contribution in [0.4, 0.5) is 0 Å². The largest absolute Gasteiger partial charge is 0.504 e. The fourth-order valence-corrected chi connectivity index (χ4v) is 1.97. The van der Waals surface area contributed by atoms with Gasteiger partial charge in [0.15, 0.2) is 23.0 Å².